The quantitative estimate of drug-likeness (QED) is 0.700. The summed E-state index contributed by atoms with van der Waals surface area (Å²) in [5.41, 5.74) is 0. The molecule has 0 spiro atoms. The predicted octanol–water partition coefficient (Wildman–Crippen LogP) is 3.11. The molecule has 2 amide bonds. The molecule has 1 saturated heterocycles. The fourth-order valence-electron chi connectivity index (χ4n) is 2.95. The summed E-state index contributed by atoms with van der Waals surface area (Å²) < 4.78 is 0. The van der Waals surface area contributed by atoms with E-state index in [9.17, 15) is 9.59 Å². The Morgan fingerprint density at radius 2 is 1.90 bits per heavy atom. The molecule has 2 atom stereocenters. The van der Waals surface area contributed by atoms with E-state index >= 15 is 0 Å². The van der Waals surface area contributed by atoms with Crippen molar-refractivity contribution in [1.82, 2.24) is 10.2 Å². The molecule has 0 aromatic rings. The van der Waals surface area contributed by atoms with Crippen molar-refractivity contribution in [1.29, 1.82) is 0 Å². The summed E-state index contributed by atoms with van der Waals surface area (Å²) in [5.74, 6) is 0.520. The van der Waals surface area contributed by atoms with Gasteiger partial charge in [0.15, 0.2) is 0 Å². The molecule has 1 aliphatic rings. The minimum Gasteiger partial charge on any atom is -0.344 e. The average molecular weight is 296 g/mol. The lowest BCUT2D eigenvalue weighted by molar-refractivity contribution is -0.135. The summed E-state index contributed by atoms with van der Waals surface area (Å²) in [6.07, 6.45) is 7.07. The Kier molecular flexibility index (Phi) is 7.76. The minimum atomic E-state index is -0.335. The summed E-state index contributed by atoms with van der Waals surface area (Å²) in [4.78, 5) is 26.4. The van der Waals surface area contributed by atoms with Gasteiger partial charge in [-0.05, 0) is 25.7 Å². The van der Waals surface area contributed by atoms with E-state index in [2.05, 4.69) is 33.0 Å². The Balaban J connectivity index is 2.61. The van der Waals surface area contributed by atoms with Crippen molar-refractivity contribution in [3.8, 4) is 0 Å². The van der Waals surface area contributed by atoms with Crippen LogP contribution in [0.25, 0.3) is 0 Å². The van der Waals surface area contributed by atoms with Crippen LogP contribution in [0.2, 0.25) is 0 Å². The van der Waals surface area contributed by atoms with Crippen LogP contribution in [-0.2, 0) is 9.59 Å². The number of carbonyl (C=O) groups excluding carboxylic acids is 2. The van der Waals surface area contributed by atoms with Crippen LogP contribution < -0.4 is 5.32 Å². The van der Waals surface area contributed by atoms with E-state index < -0.39 is 0 Å². The highest BCUT2D eigenvalue weighted by Crippen LogP contribution is 2.17. The maximum Gasteiger partial charge on any atom is 0.245 e. The van der Waals surface area contributed by atoms with Crippen LogP contribution >= 0.6 is 0 Å². The molecule has 1 rings (SSSR count). The Morgan fingerprint density at radius 3 is 2.52 bits per heavy atom. The second-order valence-corrected chi connectivity index (χ2v) is 6.73. The van der Waals surface area contributed by atoms with Gasteiger partial charge in [-0.2, -0.15) is 0 Å². The highest BCUT2D eigenvalue weighted by molar-refractivity contribution is 5.90. The molecule has 122 valence electrons. The molecule has 1 N–H and O–H groups in total. The molecule has 1 heterocycles. The molecule has 0 saturated carbocycles. The molecular formula is C17H32N2O2. The van der Waals surface area contributed by atoms with E-state index in [1.807, 2.05) is 4.90 Å². The Labute approximate surface area is 129 Å². The van der Waals surface area contributed by atoms with Gasteiger partial charge in [0.1, 0.15) is 6.04 Å². The molecule has 0 aromatic heterocycles. The first-order valence-corrected chi connectivity index (χ1v) is 8.55. The number of carbonyl (C=O) groups is 2. The molecule has 0 bridgehead atoms. The number of hydrogen-bond acceptors (Lipinski definition) is 2. The topological polar surface area (TPSA) is 49.4 Å². The van der Waals surface area contributed by atoms with Crippen molar-refractivity contribution in [3.05, 3.63) is 0 Å². The molecule has 1 aliphatic heterocycles. The third-order valence-electron chi connectivity index (χ3n) is 4.21. The zero-order chi connectivity index (χ0) is 15.8. The first-order chi connectivity index (χ1) is 9.95. The Morgan fingerprint density at radius 1 is 1.19 bits per heavy atom. The van der Waals surface area contributed by atoms with Crippen molar-refractivity contribution in [2.24, 2.45) is 5.92 Å². The smallest absolute Gasteiger partial charge is 0.245 e. The molecule has 21 heavy (non-hydrogen) atoms. The van der Waals surface area contributed by atoms with Crippen LogP contribution in [0.4, 0.5) is 0 Å². The van der Waals surface area contributed by atoms with Crippen LogP contribution in [0.3, 0.4) is 0 Å². The van der Waals surface area contributed by atoms with Gasteiger partial charge in [-0.1, -0.05) is 46.5 Å². The first kappa shape index (κ1) is 18.0. The lowest BCUT2D eigenvalue weighted by atomic mass is 10.0. The monoisotopic (exact) mass is 296 g/mol. The van der Waals surface area contributed by atoms with Crippen molar-refractivity contribution >= 4 is 11.8 Å². The van der Waals surface area contributed by atoms with Crippen molar-refractivity contribution in [2.45, 2.75) is 84.7 Å². The Hall–Kier alpha value is -1.06. The summed E-state index contributed by atoms with van der Waals surface area (Å²) in [7, 11) is 0. The number of nitrogens with one attached hydrogen (secondary N) is 1. The second-order valence-electron chi connectivity index (χ2n) is 6.73. The lowest BCUT2D eigenvalue weighted by Gasteiger charge is -2.30. The van der Waals surface area contributed by atoms with Gasteiger partial charge in [0, 0.05) is 19.0 Å². The zero-order valence-corrected chi connectivity index (χ0v) is 14.2. The van der Waals surface area contributed by atoms with E-state index in [0.717, 1.165) is 19.3 Å². The highest BCUT2D eigenvalue weighted by Gasteiger charge is 2.32. The molecule has 4 heteroatoms. The van der Waals surface area contributed by atoms with E-state index in [0.29, 0.717) is 18.9 Å². The summed E-state index contributed by atoms with van der Waals surface area (Å²) in [6, 6.07) is -0.102. The van der Waals surface area contributed by atoms with Crippen LogP contribution in [0.5, 0.6) is 0 Å². The molecule has 2 unspecified atom stereocenters. The van der Waals surface area contributed by atoms with Gasteiger partial charge >= 0.3 is 0 Å². The number of rotatable bonds is 8. The maximum atomic E-state index is 12.7. The SMILES string of the molecule is CCCCCCC(C)N1CCC(=O)NC(CC(C)C)C1=O. The average Bonchev–Trinajstić information content (AvgIpc) is 2.54. The second kappa shape index (κ2) is 9.06. The number of hydrogen-bond donors (Lipinski definition) is 1. The van der Waals surface area contributed by atoms with Gasteiger partial charge in [0.25, 0.3) is 0 Å². The van der Waals surface area contributed by atoms with Gasteiger partial charge in [-0.15, -0.1) is 0 Å². The predicted molar refractivity (Wildman–Crippen MR) is 85.9 cm³/mol. The minimum absolute atomic E-state index is 0.00897. The van der Waals surface area contributed by atoms with E-state index in [4.69, 9.17) is 0 Å². The van der Waals surface area contributed by atoms with E-state index in [-0.39, 0.29) is 23.9 Å². The van der Waals surface area contributed by atoms with Crippen molar-refractivity contribution in [2.75, 3.05) is 6.54 Å². The van der Waals surface area contributed by atoms with Gasteiger partial charge < -0.3 is 10.2 Å². The molecule has 0 aliphatic carbocycles. The van der Waals surface area contributed by atoms with Crippen molar-refractivity contribution in [3.63, 3.8) is 0 Å². The molecule has 0 aromatic carbocycles. The fourth-order valence-corrected chi connectivity index (χ4v) is 2.95. The first-order valence-electron chi connectivity index (χ1n) is 8.55. The van der Waals surface area contributed by atoms with Gasteiger partial charge in [-0.25, -0.2) is 0 Å². The normalized spacial score (nSPS) is 21.4. The number of amides is 2. The standard InChI is InChI=1S/C17H32N2O2/c1-5-6-7-8-9-14(4)19-11-10-16(20)18-15(17(19)21)12-13(2)3/h13-15H,5-12H2,1-4H3,(H,18,20). The maximum absolute atomic E-state index is 12.7. The zero-order valence-electron chi connectivity index (χ0n) is 14.2. The van der Waals surface area contributed by atoms with Crippen LogP contribution in [-0.4, -0.2) is 35.3 Å². The van der Waals surface area contributed by atoms with E-state index in [1.165, 1.54) is 19.3 Å². The third-order valence-corrected chi connectivity index (χ3v) is 4.21. The third kappa shape index (κ3) is 6.06. The summed E-state index contributed by atoms with van der Waals surface area (Å²) >= 11 is 0. The highest BCUT2D eigenvalue weighted by atomic mass is 16.2. The lowest BCUT2D eigenvalue weighted by Crippen LogP contribution is -2.48. The van der Waals surface area contributed by atoms with Crippen molar-refractivity contribution < 1.29 is 9.59 Å². The number of nitrogens with zero attached hydrogens (tertiary/aromatic N) is 1. The summed E-state index contributed by atoms with van der Waals surface area (Å²) in [6.45, 7) is 9.06. The number of unbranched alkanes of at least 4 members (excludes halogenated alkanes) is 3. The fraction of sp³-hybridized carbons (Fsp3) is 0.882. The molecular weight excluding hydrogens is 264 g/mol. The molecule has 1 fully saturated rings. The van der Waals surface area contributed by atoms with Crippen LogP contribution in [0, 0.1) is 5.92 Å². The largest absolute Gasteiger partial charge is 0.344 e. The summed E-state index contributed by atoms with van der Waals surface area (Å²) in [5, 5.41) is 2.89. The van der Waals surface area contributed by atoms with Gasteiger partial charge in [-0.3, -0.25) is 9.59 Å². The van der Waals surface area contributed by atoms with Gasteiger partial charge in [0.2, 0.25) is 11.8 Å². The Bertz CT molecular complexity index is 342. The molecule has 0 radical (unpaired) electrons. The van der Waals surface area contributed by atoms with Gasteiger partial charge in [0.05, 0.1) is 0 Å². The van der Waals surface area contributed by atoms with Crippen LogP contribution in [0.1, 0.15) is 72.6 Å². The van der Waals surface area contributed by atoms with Crippen LogP contribution in [0.15, 0.2) is 0 Å². The van der Waals surface area contributed by atoms with E-state index in [1.54, 1.807) is 0 Å². The molecule has 4 nitrogen and oxygen atoms in total.